The van der Waals surface area contributed by atoms with Gasteiger partial charge in [0.25, 0.3) is 0 Å². The van der Waals surface area contributed by atoms with Crippen LogP contribution in [0.2, 0.25) is 0 Å². The summed E-state index contributed by atoms with van der Waals surface area (Å²) in [6, 6.07) is 0. The number of rotatable bonds is 2. The van der Waals surface area contributed by atoms with Crippen molar-refractivity contribution in [1.82, 2.24) is 9.62 Å². The van der Waals surface area contributed by atoms with Crippen molar-refractivity contribution in [3.05, 3.63) is 0 Å². The lowest BCUT2D eigenvalue weighted by Crippen LogP contribution is -2.41. The van der Waals surface area contributed by atoms with Crippen molar-refractivity contribution in [3.8, 4) is 0 Å². The molecule has 5 nitrogen and oxygen atoms in total. The smallest absolute Gasteiger partial charge is 0.235 e. The average molecular weight is 246 g/mol. The molecule has 0 unspecified atom stereocenters. The van der Waals surface area contributed by atoms with E-state index in [0.29, 0.717) is 19.5 Å². The van der Waals surface area contributed by atoms with Crippen LogP contribution in [0.1, 0.15) is 32.1 Å². The number of hydrogen-bond donors (Lipinski definition) is 1. The molecule has 2 aliphatic rings. The fourth-order valence-electron chi connectivity index (χ4n) is 2.39. The van der Waals surface area contributed by atoms with Gasteiger partial charge >= 0.3 is 0 Å². The number of nitrogens with one attached hydrogen (secondary N) is 1. The number of amides is 1. The molecule has 0 aromatic rings. The molecule has 0 aromatic heterocycles. The minimum Gasteiger partial charge on any atom is -0.355 e. The van der Waals surface area contributed by atoms with Crippen molar-refractivity contribution in [2.24, 2.45) is 0 Å². The maximum Gasteiger partial charge on any atom is 0.235 e. The highest BCUT2D eigenvalue weighted by molar-refractivity contribution is 7.89. The van der Waals surface area contributed by atoms with Gasteiger partial charge in [0, 0.05) is 13.1 Å². The first-order valence-corrected chi connectivity index (χ1v) is 7.37. The molecule has 1 amide bonds. The summed E-state index contributed by atoms with van der Waals surface area (Å²) in [6.07, 6.45) is 4.19. The highest BCUT2D eigenvalue weighted by Crippen LogP contribution is 2.27. The van der Waals surface area contributed by atoms with E-state index in [1.807, 2.05) is 0 Å². The molecule has 0 bridgehead atoms. The van der Waals surface area contributed by atoms with E-state index in [1.165, 1.54) is 4.31 Å². The molecule has 2 fully saturated rings. The fraction of sp³-hybridized carbons (Fsp3) is 0.900. The zero-order chi connectivity index (χ0) is 11.6. The van der Waals surface area contributed by atoms with Crippen LogP contribution in [-0.2, 0) is 14.8 Å². The molecule has 1 aliphatic carbocycles. The third-order valence-corrected chi connectivity index (χ3v) is 5.66. The molecule has 6 heteroatoms. The summed E-state index contributed by atoms with van der Waals surface area (Å²) in [7, 11) is -3.25. The van der Waals surface area contributed by atoms with Crippen molar-refractivity contribution in [1.29, 1.82) is 0 Å². The third-order valence-electron chi connectivity index (χ3n) is 3.31. The second kappa shape index (κ2) is 4.71. The Kier molecular flexibility index (Phi) is 3.49. The van der Waals surface area contributed by atoms with Crippen LogP contribution in [0.15, 0.2) is 0 Å². The van der Waals surface area contributed by atoms with Crippen LogP contribution in [0.3, 0.4) is 0 Å². The second-order valence-electron chi connectivity index (χ2n) is 4.49. The summed E-state index contributed by atoms with van der Waals surface area (Å²) in [4.78, 5) is 11.3. The van der Waals surface area contributed by atoms with Crippen molar-refractivity contribution in [3.63, 3.8) is 0 Å². The number of nitrogens with zero attached hydrogens (tertiary/aromatic N) is 1. The molecule has 16 heavy (non-hydrogen) atoms. The van der Waals surface area contributed by atoms with Crippen LogP contribution in [0.5, 0.6) is 0 Å². The van der Waals surface area contributed by atoms with E-state index in [-0.39, 0.29) is 17.7 Å². The van der Waals surface area contributed by atoms with Crippen LogP contribution in [0, 0.1) is 0 Å². The van der Waals surface area contributed by atoms with Gasteiger partial charge in [-0.3, -0.25) is 4.79 Å². The topological polar surface area (TPSA) is 66.5 Å². The van der Waals surface area contributed by atoms with Crippen molar-refractivity contribution < 1.29 is 13.2 Å². The molecule has 92 valence electrons. The molecule has 2 rings (SSSR count). The Hall–Kier alpha value is -0.620. The largest absolute Gasteiger partial charge is 0.355 e. The highest BCUT2D eigenvalue weighted by Gasteiger charge is 2.35. The first kappa shape index (κ1) is 11.9. The first-order valence-electron chi connectivity index (χ1n) is 5.86. The number of hydrogen-bond acceptors (Lipinski definition) is 3. The Labute approximate surface area is 96.2 Å². The van der Waals surface area contributed by atoms with E-state index in [2.05, 4.69) is 5.32 Å². The Morgan fingerprint density at radius 1 is 1.19 bits per heavy atom. The van der Waals surface area contributed by atoms with Crippen LogP contribution >= 0.6 is 0 Å². The van der Waals surface area contributed by atoms with Gasteiger partial charge in [-0.05, 0) is 19.3 Å². The zero-order valence-corrected chi connectivity index (χ0v) is 10.1. The Morgan fingerprint density at radius 2 is 1.88 bits per heavy atom. The normalized spacial score (nSPS) is 25.4. The Morgan fingerprint density at radius 3 is 2.56 bits per heavy atom. The summed E-state index contributed by atoms with van der Waals surface area (Å²) in [5.41, 5.74) is 0. The lowest BCUT2D eigenvalue weighted by Gasteiger charge is -2.22. The maximum absolute atomic E-state index is 12.2. The van der Waals surface area contributed by atoms with Crippen molar-refractivity contribution in [2.75, 3.05) is 19.6 Å². The fourth-order valence-corrected chi connectivity index (χ4v) is 4.42. The molecule has 0 atom stereocenters. The standard InChI is InChI=1S/C10H18N2O3S/c13-10-8-12(7-3-6-11-10)16(14,15)9-4-1-2-5-9/h9H,1-8H2,(H,11,13). The molecule has 1 saturated heterocycles. The maximum atomic E-state index is 12.2. The molecule has 1 N–H and O–H groups in total. The first-order chi connectivity index (χ1) is 7.60. The highest BCUT2D eigenvalue weighted by atomic mass is 32.2. The van der Waals surface area contributed by atoms with E-state index >= 15 is 0 Å². The van der Waals surface area contributed by atoms with Crippen LogP contribution in [0.4, 0.5) is 0 Å². The van der Waals surface area contributed by atoms with Gasteiger partial charge in [-0.15, -0.1) is 0 Å². The molecule has 0 aromatic carbocycles. The van der Waals surface area contributed by atoms with Gasteiger partial charge in [0.1, 0.15) is 0 Å². The van der Waals surface area contributed by atoms with Crippen molar-refractivity contribution in [2.45, 2.75) is 37.4 Å². The van der Waals surface area contributed by atoms with E-state index < -0.39 is 10.0 Å². The monoisotopic (exact) mass is 246 g/mol. The Bertz CT molecular complexity index is 360. The summed E-state index contributed by atoms with van der Waals surface area (Å²) in [5, 5.41) is 2.44. The van der Waals surface area contributed by atoms with Gasteiger partial charge in [0.05, 0.1) is 11.8 Å². The quantitative estimate of drug-likeness (QED) is 0.750. The zero-order valence-electron chi connectivity index (χ0n) is 9.31. The third kappa shape index (κ3) is 2.38. The molecule has 1 heterocycles. The second-order valence-corrected chi connectivity index (χ2v) is 6.70. The predicted molar refractivity (Wildman–Crippen MR) is 60.4 cm³/mol. The van der Waals surface area contributed by atoms with Gasteiger partial charge in [-0.25, -0.2) is 8.42 Å². The molecular formula is C10H18N2O3S. The minimum absolute atomic E-state index is 0.00116. The van der Waals surface area contributed by atoms with E-state index in [1.54, 1.807) is 0 Å². The van der Waals surface area contributed by atoms with Crippen LogP contribution in [-0.4, -0.2) is 43.5 Å². The number of sulfonamides is 1. The number of carbonyl (C=O) groups is 1. The molecule has 0 spiro atoms. The summed E-state index contributed by atoms with van der Waals surface area (Å²) in [6.45, 7) is 1.05. The van der Waals surface area contributed by atoms with Gasteiger partial charge in [0.15, 0.2) is 0 Å². The van der Waals surface area contributed by atoms with E-state index in [0.717, 1.165) is 25.7 Å². The SMILES string of the molecule is O=C1CN(S(=O)(=O)C2CCCC2)CCCN1. The van der Waals surface area contributed by atoms with E-state index in [4.69, 9.17) is 0 Å². The summed E-state index contributed by atoms with van der Waals surface area (Å²) in [5.74, 6) is -0.181. The lowest BCUT2D eigenvalue weighted by molar-refractivity contribution is -0.120. The molecule has 1 saturated carbocycles. The van der Waals surface area contributed by atoms with Gasteiger partial charge in [0.2, 0.25) is 15.9 Å². The molecule has 1 aliphatic heterocycles. The van der Waals surface area contributed by atoms with Gasteiger partial charge in [-0.1, -0.05) is 12.8 Å². The van der Waals surface area contributed by atoms with Gasteiger partial charge in [-0.2, -0.15) is 4.31 Å². The predicted octanol–water partition coefficient (Wildman–Crippen LogP) is 0.0807. The van der Waals surface area contributed by atoms with Crippen molar-refractivity contribution >= 4 is 15.9 Å². The Balaban J connectivity index is 2.11. The average Bonchev–Trinajstić information content (AvgIpc) is 2.68. The summed E-state index contributed by atoms with van der Waals surface area (Å²) < 4.78 is 25.8. The van der Waals surface area contributed by atoms with E-state index in [9.17, 15) is 13.2 Å². The molecule has 0 radical (unpaired) electrons. The van der Waals surface area contributed by atoms with Gasteiger partial charge < -0.3 is 5.32 Å². The number of carbonyl (C=O) groups excluding carboxylic acids is 1. The lowest BCUT2D eigenvalue weighted by atomic mass is 10.4. The van der Waals surface area contributed by atoms with Crippen LogP contribution < -0.4 is 5.32 Å². The summed E-state index contributed by atoms with van der Waals surface area (Å²) >= 11 is 0. The molecular weight excluding hydrogens is 228 g/mol. The van der Waals surface area contributed by atoms with Crippen LogP contribution in [0.25, 0.3) is 0 Å². The minimum atomic E-state index is -3.25.